The highest BCUT2D eigenvalue weighted by Crippen LogP contribution is 2.14. The van der Waals surface area contributed by atoms with E-state index in [-0.39, 0.29) is 23.0 Å². The van der Waals surface area contributed by atoms with E-state index < -0.39 is 5.92 Å². The van der Waals surface area contributed by atoms with Crippen molar-refractivity contribution >= 4 is 29.2 Å². The summed E-state index contributed by atoms with van der Waals surface area (Å²) in [5.74, 6) is -1.06. The molecule has 0 radical (unpaired) electrons. The maximum atomic E-state index is 11.5. The summed E-state index contributed by atoms with van der Waals surface area (Å²) in [7, 11) is 1.33. The van der Waals surface area contributed by atoms with E-state index in [0.717, 1.165) is 0 Å². The molecule has 0 aromatic rings. The van der Waals surface area contributed by atoms with Crippen LogP contribution in [-0.4, -0.2) is 30.1 Å². The molecule has 1 aliphatic rings. The van der Waals surface area contributed by atoms with Crippen LogP contribution in [0.4, 0.5) is 0 Å². The lowest BCUT2D eigenvalue weighted by Crippen LogP contribution is -2.51. The topological polar surface area (TPSA) is 79.5 Å². The SMILES string of the molecule is COC(=O)C1C=CC=CC1NC(=S)NNC(C)=O. The molecule has 3 N–H and O–H groups in total. The average molecular weight is 269 g/mol. The Morgan fingerprint density at radius 2 is 1.89 bits per heavy atom. The van der Waals surface area contributed by atoms with Crippen LogP contribution in [0.15, 0.2) is 24.3 Å². The van der Waals surface area contributed by atoms with E-state index in [1.54, 1.807) is 24.3 Å². The average Bonchev–Trinajstić information content (AvgIpc) is 2.36. The molecule has 6 nitrogen and oxygen atoms in total. The molecule has 0 spiro atoms. The van der Waals surface area contributed by atoms with Crippen LogP contribution in [-0.2, 0) is 14.3 Å². The van der Waals surface area contributed by atoms with Crippen molar-refractivity contribution in [1.29, 1.82) is 0 Å². The van der Waals surface area contributed by atoms with Gasteiger partial charge >= 0.3 is 5.97 Å². The fourth-order valence-corrected chi connectivity index (χ4v) is 1.63. The van der Waals surface area contributed by atoms with Gasteiger partial charge in [0.25, 0.3) is 0 Å². The fraction of sp³-hybridized carbons (Fsp3) is 0.364. The minimum Gasteiger partial charge on any atom is -0.468 e. The number of thiocarbonyl (C=S) groups is 1. The molecule has 18 heavy (non-hydrogen) atoms. The van der Waals surface area contributed by atoms with E-state index in [1.807, 2.05) is 0 Å². The molecule has 1 amide bonds. The molecule has 0 bridgehead atoms. The number of amides is 1. The number of rotatable bonds is 2. The van der Waals surface area contributed by atoms with Crippen LogP contribution < -0.4 is 16.2 Å². The minimum absolute atomic E-state index is 0.226. The first-order valence-electron chi connectivity index (χ1n) is 5.30. The molecule has 0 aliphatic heterocycles. The first-order chi connectivity index (χ1) is 8.54. The lowest BCUT2D eigenvalue weighted by atomic mass is 9.95. The van der Waals surface area contributed by atoms with Gasteiger partial charge in [0.05, 0.1) is 19.1 Å². The molecule has 2 atom stereocenters. The van der Waals surface area contributed by atoms with Gasteiger partial charge in [0.2, 0.25) is 5.91 Å². The van der Waals surface area contributed by atoms with Gasteiger partial charge in [0.15, 0.2) is 5.11 Å². The van der Waals surface area contributed by atoms with Crippen molar-refractivity contribution in [2.24, 2.45) is 5.92 Å². The van der Waals surface area contributed by atoms with E-state index in [2.05, 4.69) is 16.2 Å². The van der Waals surface area contributed by atoms with Crippen molar-refractivity contribution in [1.82, 2.24) is 16.2 Å². The molecule has 0 aromatic carbocycles. The molecule has 0 heterocycles. The van der Waals surface area contributed by atoms with Gasteiger partial charge in [-0.2, -0.15) is 0 Å². The molecule has 2 unspecified atom stereocenters. The number of allylic oxidation sites excluding steroid dienone is 2. The number of ether oxygens (including phenoxy) is 1. The summed E-state index contributed by atoms with van der Waals surface area (Å²) in [6.45, 7) is 1.36. The largest absolute Gasteiger partial charge is 0.468 e. The van der Waals surface area contributed by atoms with E-state index in [0.29, 0.717) is 0 Å². The summed E-state index contributed by atoms with van der Waals surface area (Å²) in [5, 5.41) is 3.13. The summed E-state index contributed by atoms with van der Waals surface area (Å²) in [6.07, 6.45) is 7.09. The van der Waals surface area contributed by atoms with Crippen molar-refractivity contribution < 1.29 is 14.3 Å². The van der Waals surface area contributed by atoms with Gasteiger partial charge in [0.1, 0.15) is 0 Å². The van der Waals surface area contributed by atoms with E-state index in [9.17, 15) is 9.59 Å². The van der Waals surface area contributed by atoms with Gasteiger partial charge in [0, 0.05) is 6.92 Å². The number of hydrazine groups is 1. The van der Waals surface area contributed by atoms with E-state index >= 15 is 0 Å². The smallest absolute Gasteiger partial charge is 0.314 e. The Morgan fingerprint density at radius 1 is 1.22 bits per heavy atom. The predicted molar refractivity (Wildman–Crippen MR) is 70.3 cm³/mol. The number of nitrogens with one attached hydrogen (secondary N) is 3. The van der Waals surface area contributed by atoms with E-state index in [4.69, 9.17) is 17.0 Å². The van der Waals surface area contributed by atoms with Gasteiger partial charge in [-0.25, -0.2) is 0 Å². The monoisotopic (exact) mass is 269 g/mol. The van der Waals surface area contributed by atoms with Gasteiger partial charge in [-0.15, -0.1) is 0 Å². The maximum absolute atomic E-state index is 11.5. The molecule has 0 aromatic heterocycles. The lowest BCUT2D eigenvalue weighted by Gasteiger charge is -2.24. The number of carbonyl (C=O) groups is 2. The van der Waals surface area contributed by atoms with E-state index in [1.165, 1.54) is 14.0 Å². The van der Waals surface area contributed by atoms with Crippen LogP contribution in [0.1, 0.15) is 6.92 Å². The molecule has 1 rings (SSSR count). The summed E-state index contributed by atoms with van der Waals surface area (Å²) < 4.78 is 4.70. The Kier molecular flexibility index (Phi) is 5.31. The number of hydrogen-bond donors (Lipinski definition) is 3. The minimum atomic E-state index is -0.447. The second-order valence-corrected chi connectivity index (χ2v) is 4.03. The molecule has 7 heteroatoms. The maximum Gasteiger partial charge on any atom is 0.314 e. The van der Waals surface area contributed by atoms with Gasteiger partial charge < -0.3 is 10.1 Å². The second-order valence-electron chi connectivity index (χ2n) is 3.62. The first kappa shape index (κ1) is 14.2. The fourth-order valence-electron chi connectivity index (χ4n) is 1.44. The highest BCUT2D eigenvalue weighted by Gasteiger charge is 2.26. The third kappa shape index (κ3) is 4.17. The third-order valence-electron chi connectivity index (χ3n) is 2.26. The molecular weight excluding hydrogens is 254 g/mol. The summed E-state index contributed by atoms with van der Waals surface area (Å²) in [6, 6.07) is -0.309. The third-order valence-corrected chi connectivity index (χ3v) is 2.48. The Balaban J connectivity index is 2.55. The number of hydrogen-bond acceptors (Lipinski definition) is 4. The molecule has 0 fully saturated rings. The molecule has 0 saturated heterocycles. The Hall–Kier alpha value is -1.89. The van der Waals surface area contributed by atoms with Gasteiger partial charge in [-0.05, 0) is 12.2 Å². The zero-order valence-electron chi connectivity index (χ0n) is 10.1. The Bertz CT molecular complexity index is 406. The van der Waals surface area contributed by atoms with Crippen LogP contribution in [0.5, 0.6) is 0 Å². The lowest BCUT2D eigenvalue weighted by molar-refractivity contribution is -0.144. The van der Waals surface area contributed by atoms with Crippen molar-refractivity contribution in [3.8, 4) is 0 Å². The van der Waals surface area contributed by atoms with Crippen molar-refractivity contribution in [3.63, 3.8) is 0 Å². The van der Waals surface area contributed by atoms with Crippen LogP contribution >= 0.6 is 12.2 Å². The van der Waals surface area contributed by atoms with Gasteiger partial charge in [-0.1, -0.05) is 24.3 Å². The predicted octanol–water partition coefficient (Wildman–Crippen LogP) is -0.215. The van der Waals surface area contributed by atoms with Gasteiger partial charge in [-0.3, -0.25) is 20.4 Å². The second kappa shape index (κ2) is 6.75. The van der Waals surface area contributed by atoms with Crippen molar-refractivity contribution in [2.75, 3.05) is 7.11 Å². The first-order valence-corrected chi connectivity index (χ1v) is 5.71. The molecular formula is C11H15N3O3S. The normalized spacial score (nSPS) is 21.0. The molecule has 0 saturated carbocycles. The van der Waals surface area contributed by atoms with Crippen LogP contribution in [0.25, 0.3) is 0 Å². The van der Waals surface area contributed by atoms with Crippen LogP contribution in [0.2, 0.25) is 0 Å². The zero-order chi connectivity index (χ0) is 13.5. The summed E-state index contributed by atoms with van der Waals surface area (Å²) in [5.41, 5.74) is 4.86. The number of methoxy groups -OCH3 is 1. The standard InChI is InChI=1S/C11H15N3O3S/c1-7(15)13-14-11(18)12-9-6-4-3-5-8(9)10(16)17-2/h3-6,8-9H,1-2H3,(H,13,15)(H2,12,14,18). The van der Waals surface area contributed by atoms with Crippen LogP contribution in [0, 0.1) is 5.92 Å². The molecule has 1 aliphatic carbocycles. The number of carbonyl (C=O) groups excluding carboxylic acids is 2. The Morgan fingerprint density at radius 3 is 2.50 bits per heavy atom. The molecule has 98 valence electrons. The zero-order valence-corrected chi connectivity index (χ0v) is 10.9. The summed E-state index contributed by atoms with van der Waals surface area (Å²) >= 11 is 4.98. The van der Waals surface area contributed by atoms with Crippen LogP contribution in [0.3, 0.4) is 0 Å². The highest BCUT2D eigenvalue weighted by molar-refractivity contribution is 7.80. The highest BCUT2D eigenvalue weighted by atomic mass is 32.1. The number of esters is 1. The van der Waals surface area contributed by atoms with Crippen molar-refractivity contribution in [2.45, 2.75) is 13.0 Å². The summed E-state index contributed by atoms with van der Waals surface area (Å²) in [4.78, 5) is 22.2. The van der Waals surface area contributed by atoms with Crippen molar-refractivity contribution in [3.05, 3.63) is 24.3 Å². The Labute approximate surface area is 110 Å². The quantitative estimate of drug-likeness (QED) is 0.365.